The summed E-state index contributed by atoms with van der Waals surface area (Å²) in [4.78, 5) is 34.5. The van der Waals surface area contributed by atoms with Crippen LogP contribution in [0.25, 0.3) is 0 Å². The second-order valence-electron chi connectivity index (χ2n) is 9.61. The van der Waals surface area contributed by atoms with Crippen LogP contribution in [0.15, 0.2) is 24.3 Å². The summed E-state index contributed by atoms with van der Waals surface area (Å²) in [6, 6.07) is 8.13. The number of nitrogens with two attached hydrogens (primary N) is 1. The number of carboxylic acid groups (broad SMARTS) is 1. The Hall–Kier alpha value is -3.36. The van der Waals surface area contributed by atoms with Crippen LogP contribution < -0.4 is 20.1 Å². The van der Waals surface area contributed by atoms with Crippen LogP contribution in [0.2, 0.25) is 0 Å². The Morgan fingerprint density at radius 2 is 1.94 bits per heavy atom. The van der Waals surface area contributed by atoms with E-state index in [1.165, 1.54) is 5.56 Å². The van der Waals surface area contributed by atoms with Gasteiger partial charge in [-0.3, -0.25) is 9.59 Å². The molecule has 1 aromatic carbocycles. The van der Waals surface area contributed by atoms with Crippen LogP contribution >= 0.6 is 0 Å². The standard InChI is InChI=1S/C26H34N4O5/c1-3-16(2)15-35-26-28-23(27)22-24(29-26)34-13-12-30(25(22)33)20-10-8-19(9-11-20)18-6-4-17(5-7-18)14-21(31)32/h8-11,16-18H,3-7,12-15H2,1-2H3,(H,31,32)(H2,27,28,29). The fraction of sp³-hybridized carbons (Fsp3) is 0.538. The van der Waals surface area contributed by atoms with Crippen LogP contribution in [0.4, 0.5) is 11.5 Å². The first-order valence-corrected chi connectivity index (χ1v) is 12.4. The Morgan fingerprint density at radius 3 is 2.60 bits per heavy atom. The van der Waals surface area contributed by atoms with Crippen molar-refractivity contribution < 1.29 is 24.2 Å². The summed E-state index contributed by atoms with van der Waals surface area (Å²) in [6.45, 7) is 5.24. The molecule has 1 atom stereocenters. The quantitative estimate of drug-likeness (QED) is 0.571. The van der Waals surface area contributed by atoms with Crippen molar-refractivity contribution in [3.8, 4) is 11.9 Å². The molecule has 1 unspecified atom stereocenters. The number of rotatable bonds is 8. The summed E-state index contributed by atoms with van der Waals surface area (Å²) < 4.78 is 11.4. The highest BCUT2D eigenvalue weighted by molar-refractivity contribution is 6.10. The fourth-order valence-electron chi connectivity index (χ4n) is 4.73. The van der Waals surface area contributed by atoms with Gasteiger partial charge in [0.1, 0.15) is 18.0 Å². The molecule has 1 aliphatic heterocycles. The normalized spacial score (nSPS) is 21.0. The molecule has 0 spiro atoms. The number of amides is 1. The lowest BCUT2D eigenvalue weighted by Gasteiger charge is -2.28. The van der Waals surface area contributed by atoms with Crippen LogP contribution in [0.5, 0.6) is 11.9 Å². The molecule has 2 aromatic rings. The van der Waals surface area contributed by atoms with Crippen LogP contribution in [-0.2, 0) is 4.79 Å². The smallest absolute Gasteiger partial charge is 0.321 e. The number of carbonyl (C=O) groups is 2. The molecule has 1 aliphatic carbocycles. The molecule has 1 aromatic heterocycles. The van der Waals surface area contributed by atoms with Crippen molar-refractivity contribution >= 4 is 23.4 Å². The van der Waals surface area contributed by atoms with Gasteiger partial charge in [-0.25, -0.2) is 0 Å². The number of aromatic nitrogens is 2. The van der Waals surface area contributed by atoms with Gasteiger partial charge in [0.25, 0.3) is 5.91 Å². The minimum Gasteiger partial charge on any atom is -0.481 e. The number of anilines is 2. The third-order valence-electron chi connectivity index (χ3n) is 7.08. The Morgan fingerprint density at radius 1 is 1.23 bits per heavy atom. The monoisotopic (exact) mass is 482 g/mol. The predicted molar refractivity (Wildman–Crippen MR) is 132 cm³/mol. The largest absolute Gasteiger partial charge is 0.481 e. The van der Waals surface area contributed by atoms with E-state index in [0.717, 1.165) is 37.8 Å². The van der Waals surface area contributed by atoms with E-state index in [4.69, 9.17) is 20.3 Å². The first-order valence-electron chi connectivity index (χ1n) is 12.4. The van der Waals surface area contributed by atoms with Crippen molar-refractivity contribution in [3.63, 3.8) is 0 Å². The average Bonchev–Trinajstić information content (AvgIpc) is 3.01. The molecule has 9 heteroatoms. The van der Waals surface area contributed by atoms with Crippen molar-refractivity contribution in [3.05, 3.63) is 35.4 Å². The summed E-state index contributed by atoms with van der Waals surface area (Å²) in [5.41, 5.74) is 8.27. The number of carbonyl (C=O) groups excluding carboxylic acids is 1. The van der Waals surface area contributed by atoms with Crippen LogP contribution in [0.3, 0.4) is 0 Å². The summed E-state index contributed by atoms with van der Waals surface area (Å²) >= 11 is 0. The number of ether oxygens (including phenoxy) is 2. The lowest BCUT2D eigenvalue weighted by atomic mass is 9.77. The molecular weight excluding hydrogens is 448 g/mol. The first kappa shape index (κ1) is 24.8. The van der Waals surface area contributed by atoms with Gasteiger partial charge < -0.3 is 25.2 Å². The first-order chi connectivity index (χ1) is 16.9. The molecule has 188 valence electrons. The van der Waals surface area contributed by atoms with Gasteiger partial charge in [0.15, 0.2) is 0 Å². The van der Waals surface area contributed by atoms with Gasteiger partial charge in [-0.05, 0) is 61.1 Å². The highest BCUT2D eigenvalue weighted by Gasteiger charge is 2.30. The second kappa shape index (κ2) is 10.9. The number of carboxylic acids is 1. The summed E-state index contributed by atoms with van der Waals surface area (Å²) in [7, 11) is 0. The molecular formula is C26H34N4O5. The zero-order chi connectivity index (χ0) is 24.9. The number of nitrogen functional groups attached to an aromatic ring is 1. The number of fused-ring (bicyclic) bond motifs is 1. The van der Waals surface area contributed by atoms with Gasteiger partial charge in [0.2, 0.25) is 5.88 Å². The topological polar surface area (TPSA) is 128 Å². The maximum absolute atomic E-state index is 13.4. The SMILES string of the molecule is CCC(C)COc1nc(N)c2c(n1)OCCN(c1ccc(C3CCC(CC(=O)O)CC3)cc1)C2=O. The van der Waals surface area contributed by atoms with Crippen LogP contribution in [-0.4, -0.2) is 46.7 Å². The molecule has 0 bridgehead atoms. The van der Waals surface area contributed by atoms with E-state index in [1.54, 1.807) is 4.90 Å². The van der Waals surface area contributed by atoms with E-state index in [2.05, 4.69) is 35.9 Å². The lowest BCUT2D eigenvalue weighted by molar-refractivity contribution is -0.138. The number of benzene rings is 1. The Balaban J connectivity index is 1.46. The molecule has 0 radical (unpaired) electrons. The lowest BCUT2D eigenvalue weighted by Crippen LogP contribution is -2.32. The number of hydrogen-bond donors (Lipinski definition) is 2. The molecule has 2 heterocycles. The van der Waals surface area contributed by atoms with Gasteiger partial charge in [-0.1, -0.05) is 32.4 Å². The van der Waals surface area contributed by atoms with Gasteiger partial charge in [-0.2, -0.15) is 9.97 Å². The van der Waals surface area contributed by atoms with Crippen molar-refractivity contribution in [2.24, 2.45) is 11.8 Å². The average molecular weight is 483 g/mol. The molecule has 3 N–H and O–H groups in total. The van der Waals surface area contributed by atoms with Gasteiger partial charge in [0.05, 0.1) is 13.2 Å². The summed E-state index contributed by atoms with van der Waals surface area (Å²) in [5.74, 6) is 0.207. The minimum absolute atomic E-state index is 0.0424. The van der Waals surface area contributed by atoms with Crippen molar-refractivity contribution in [2.45, 2.75) is 58.3 Å². The summed E-state index contributed by atoms with van der Waals surface area (Å²) in [6.07, 6.45) is 5.05. The Labute approximate surface area is 205 Å². The van der Waals surface area contributed by atoms with Gasteiger partial charge in [-0.15, -0.1) is 0 Å². The summed E-state index contributed by atoms with van der Waals surface area (Å²) in [5, 5.41) is 9.03. The third-order valence-corrected chi connectivity index (χ3v) is 7.08. The Bertz CT molecular complexity index is 1050. The maximum Gasteiger partial charge on any atom is 0.321 e. The van der Waals surface area contributed by atoms with Crippen molar-refractivity contribution in [1.82, 2.24) is 9.97 Å². The fourth-order valence-corrected chi connectivity index (χ4v) is 4.73. The van der Waals surface area contributed by atoms with Gasteiger partial charge >= 0.3 is 12.0 Å². The zero-order valence-corrected chi connectivity index (χ0v) is 20.4. The number of aliphatic carboxylic acids is 1. The maximum atomic E-state index is 13.4. The minimum atomic E-state index is -0.716. The molecule has 4 rings (SSSR count). The van der Waals surface area contributed by atoms with Crippen molar-refractivity contribution in [1.29, 1.82) is 0 Å². The molecule has 9 nitrogen and oxygen atoms in total. The van der Waals surface area contributed by atoms with E-state index in [1.807, 2.05) is 12.1 Å². The molecule has 1 amide bonds. The second-order valence-corrected chi connectivity index (χ2v) is 9.61. The van der Waals surface area contributed by atoms with E-state index in [0.29, 0.717) is 25.0 Å². The molecule has 1 saturated carbocycles. The molecule has 0 saturated heterocycles. The van der Waals surface area contributed by atoms with Crippen LogP contribution in [0, 0.1) is 11.8 Å². The Kier molecular flexibility index (Phi) is 7.73. The van der Waals surface area contributed by atoms with E-state index in [-0.39, 0.29) is 48.1 Å². The van der Waals surface area contributed by atoms with E-state index < -0.39 is 5.97 Å². The molecule has 2 aliphatic rings. The molecule has 1 fully saturated rings. The third kappa shape index (κ3) is 5.83. The van der Waals surface area contributed by atoms with Crippen molar-refractivity contribution in [2.75, 3.05) is 30.4 Å². The molecule has 35 heavy (non-hydrogen) atoms. The number of nitrogens with zero attached hydrogens (tertiary/aromatic N) is 3. The van der Waals surface area contributed by atoms with Crippen LogP contribution in [0.1, 0.15) is 74.2 Å². The van der Waals surface area contributed by atoms with Gasteiger partial charge in [0, 0.05) is 12.1 Å². The number of hydrogen-bond acceptors (Lipinski definition) is 7. The highest BCUT2D eigenvalue weighted by atomic mass is 16.5. The predicted octanol–water partition coefficient (Wildman–Crippen LogP) is 4.27. The van der Waals surface area contributed by atoms with E-state index >= 15 is 0 Å². The van der Waals surface area contributed by atoms with E-state index in [9.17, 15) is 9.59 Å². The highest BCUT2D eigenvalue weighted by Crippen LogP contribution is 2.38. The zero-order valence-electron chi connectivity index (χ0n) is 20.4.